The molecule has 35 heavy (non-hydrogen) atoms. The molecule has 4 rings (SSSR count). The second-order valence-electron chi connectivity index (χ2n) is 10.3. The summed E-state index contributed by atoms with van der Waals surface area (Å²) in [5, 5.41) is 11.8. The highest BCUT2D eigenvalue weighted by Gasteiger charge is 2.55. The van der Waals surface area contributed by atoms with Crippen molar-refractivity contribution in [2.75, 3.05) is 20.8 Å². The minimum Gasteiger partial charge on any atom is -0.469 e. The van der Waals surface area contributed by atoms with E-state index in [-0.39, 0.29) is 17.9 Å². The number of allylic oxidation sites excluding steroid dienone is 1. The van der Waals surface area contributed by atoms with Crippen molar-refractivity contribution in [2.45, 2.75) is 51.2 Å². The van der Waals surface area contributed by atoms with Crippen LogP contribution in [0.2, 0.25) is 0 Å². The topological polar surface area (TPSA) is 96.4 Å². The lowest BCUT2D eigenvalue weighted by Gasteiger charge is -2.40. The fourth-order valence-corrected chi connectivity index (χ4v) is 5.99. The van der Waals surface area contributed by atoms with Crippen molar-refractivity contribution < 1.29 is 29.0 Å². The van der Waals surface area contributed by atoms with Gasteiger partial charge in [0.05, 0.1) is 31.3 Å². The fourth-order valence-electron chi connectivity index (χ4n) is 5.99. The lowest BCUT2D eigenvalue weighted by atomic mass is 9.73. The maximum absolute atomic E-state index is 14.1. The van der Waals surface area contributed by atoms with Gasteiger partial charge in [0.1, 0.15) is 0 Å². The number of hydrogen-bond donors (Lipinski definition) is 1. The Morgan fingerprint density at radius 1 is 1.11 bits per heavy atom. The molecule has 1 aliphatic carbocycles. The van der Waals surface area contributed by atoms with Gasteiger partial charge in [-0.05, 0) is 44.6 Å². The number of carbonyl (C=O) groups excluding carboxylic acids is 3. The summed E-state index contributed by atoms with van der Waals surface area (Å²) in [6.07, 6.45) is 6.72. The molecule has 1 aromatic carbocycles. The van der Waals surface area contributed by atoms with Crippen molar-refractivity contribution in [3.63, 3.8) is 0 Å². The lowest BCUT2D eigenvalue weighted by Crippen LogP contribution is -2.53. The molecule has 4 atom stereocenters. The molecular formula is C27H34N2O6. The van der Waals surface area contributed by atoms with Crippen LogP contribution in [0.3, 0.4) is 0 Å². The largest absolute Gasteiger partial charge is 0.469 e. The van der Waals surface area contributed by atoms with E-state index < -0.39 is 29.0 Å². The van der Waals surface area contributed by atoms with E-state index in [0.29, 0.717) is 25.0 Å². The number of fused-ring (bicyclic) bond motifs is 1. The van der Waals surface area contributed by atoms with Gasteiger partial charge in [-0.1, -0.05) is 36.4 Å². The van der Waals surface area contributed by atoms with Crippen LogP contribution >= 0.6 is 0 Å². The Balaban J connectivity index is 1.68. The molecule has 0 aromatic heterocycles. The Bertz CT molecular complexity index is 1050. The van der Waals surface area contributed by atoms with Crippen LogP contribution in [-0.2, 0) is 25.5 Å². The van der Waals surface area contributed by atoms with E-state index >= 15 is 0 Å². The van der Waals surface area contributed by atoms with Gasteiger partial charge < -0.3 is 19.5 Å². The van der Waals surface area contributed by atoms with Crippen molar-refractivity contribution in [2.24, 2.45) is 17.3 Å². The number of nitrogens with zero attached hydrogens (tertiary/aromatic N) is 2. The third-order valence-electron chi connectivity index (χ3n) is 7.81. The van der Waals surface area contributed by atoms with Crippen molar-refractivity contribution >= 4 is 18.0 Å². The summed E-state index contributed by atoms with van der Waals surface area (Å²) in [5.74, 6) is -1.16. The van der Waals surface area contributed by atoms with Crippen LogP contribution in [-0.4, -0.2) is 65.3 Å². The van der Waals surface area contributed by atoms with Crippen LogP contribution in [0.5, 0.6) is 0 Å². The van der Waals surface area contributed by atoms with Gasteiger partial charge >= 0.3 is 12.1 Å². The summed E-state index contributed by atoms with van der Waals surface area (Å²) in [5.41, 5.74) is -0.776. The summed E-state index contributed by atoms with van der Waals surface area (Å²) in [6.45, 7) is 3.95. The molecule has 0 bridgehead atoms. The SMILES string of the molecule is COC(=O)N1C=C[C@H](C(C)(C)C(=O)OC)C(C(=O)N2CC[C@H]3CC[C@](O)(Cc4ccccc4)[C@H]32)=C1. The zero-order valence-electron chi connectivity index (χ0n) is 20.8. The van der Waals surface area contributed by atoms with Gasteiger partial charge in [-0.2, -0.15) is 0 Å². The monoisotopic (exact) mass is 482 g/mol. The van der Waals surface area contributed by atoms with Crippen LogP contribution in [0.4, 0.5) is 4.79 Å². The van der Waals surface area contributed by atoms with E-state index in [9.17, 15) is 19.5 Å². The zero-order chi connectivity index (χ0) is 25.4. The predicted octanol–water partition coefficient (Wildman–Crippen LogP) is 3.27. The molecule has 2 fully saturated rings. The normalized spacial score (nSPS) is 27.9. The van der Waals surface area contributed by atoms with E-state index in [1.807, 2.05) is 30.3 Å². The maximum atomic E-state index is 14.1. The Hall–Kier alpha value is -3.13. The highest BCUT2D eigenvalue weighted by Crippen LogP contribution is 2.47. The van der Waals surface area contributed by atoms with Gasteiger partial charge in [-0.25, -0.2) is 4.79 Å². The highest BCUT2D eigenvalue weighted by molar-refractivity contribution is 5.97. The first-order valence-electron chi connectivity index (χ1n) is 12.0. The molecule has 1 N–H and O–H groups in total. The molecule has 1 saturated carbocycles. The Labute approximate surface area is 206 Å². The standard InChI is InChI=1S/C27H34N2O6/c1-26(2,24(31)34-3)21-12-14-28(25(32)35-4)17-20(21)23(30)29-15-11-19-10-13-27(33,22(19)29)16-18-8-6-5-7-9-18/h5-9,12,14,17,19,21-22,33H,10-11,13,15-16H2,1-4H3/t19-,21+,22+,27+/m1/s1. The molecule has 3 aliphatic rings. The quantitative estimate of drug-likeness (QED) is 0.647. The first-order valence-corrected chi connectivity index (χ1v) is 12.0. The first kappa shape index (κ1) is 25.0. The Morgan fingerprint density at radius 3 is 2.49 bits per heavy atom. The van der Waals surface area contributed by atoms with E-state index in [1.165, 1.54) is 31.5 Å². The lowest BCUT2D eigenvalue weighted by molar-refractivity contribution is -0.152. The maximum Gasteiger partial charge on any atom is 0.417 e. The second-order valence-corrected chi connectivity index (χ2v) is 10.3. The number of benzene rings is 1. The summed E-state index contributed by atoms with van der Waals surface area (Å²) in [6, 6.07) is 9.48. The fraction of sp³-hybridized carbons (Fsp3) is 0.519. The first-order chi connectivity index (χ1) is 16.6. The van der Waals surface area contributed by atoms with E-state index in [4.69, 9.17) is 9.47 Å². The molecule has 0 unspecified atom stereocenters. The highest BCUT2D eigenvalue weighted by atomic mass is 16.5. The zero-order valence-corrected chi connectivity index (χ0v) is 20.8. The number of carbonyl (C=O) groups is 3. The van der Waals surface area contributed by atoms with Gasteiger partial charge in [0, 0.05) is 36.9 Å². The summed E-state index contributed by atoms with van der Waals surface area (Å²) >= 11 is 0. The molecule has 1 saturated heterocycles. The third kappa shape index (κ3) is 4.47. The van der Waals surface area contributed by atoms with Crippen molar-refractivity contribution in [3.8, 4) is 0 Å². The van der Waals surface area contributed by atoms with Crippen molar-refractivity contribution in [1.82, 2.24) is 9.80 Å². The van der Waals surface area contributed by atoms with Crippen LogP contribution in [0.1, 0.15) is 38.7 Å². The minimum absolute atomic E-state index is 0.205. The van der Waals surface area contributed by atoms with Crippen LogP contribution in [0.15, 0.2) is 54.4 Å². The number of methoxy groups -OCH3 is 2. The number of amides is 2. The molecular weight excluding hydrogens is 448 g/mol. The molecule has 8 nitrogen and oxygen atoms in total. The van der Waals surface area contributed by atoms with Crippen molar-refractivity contribution in [3.05, 3.63) is 59.9 Å². The molecule has 188 valence electrons. The summed E-state index contributed by atoms with van der Waals surface area (Å²) in [7, 11) is 2.58. The summed E-state index contributed by atoms with van der Waals surface area (Å²) < 4.78 is 9.85. The molecule has 8 heteroatoms. The molecule has 0 spiro atoms. The van der Waals surface area contributed by atoms with Gasteiger partial charge in [-0.15, -0.1) is 0 Å². The van der Waals surface area contributed by atoms with E-state index in [2.05, 4.69) is 0 Å². The number of hydrogen-bond acceptors (Lipinski definition) is 6. The number of aliphatic hydroxyl groups is 1. The summed E-state index contributed by atoms with van der Waals surface area (Å²) in [4.78, 5) is 41.9. The average molecular weight is 483 g/mol. The number of ether oxygens (including phenoxy) is 2. The number of likely N-dealkylation sites (tertiary alicyclic amines) is 1. The van der Waals surface area contributed by atoms with Crippen LogP contribution in [0, 0.1) is 17.3 Å². The molecule has 2 heterocycles. The van der Waals surface area contributed by atoms with Gasteiger partial charge in [0.2, 0.25) is 0 Å². The average Bonchev–Trinajstić information content (AvgIpc) is 3.44. The van der Waals surface area contributed by atoms with Crippen molar-refractivity contribution in [1.29, 1.82) is 0 Å². The van der Waals surface area contributed by atoms with Crippen LogP contribution in [0.25, 0.3) is 0 Å². The van der Waals surface area contributed by atoms with E-state index in [1.54, 1.807) is 24.8 Å². The predicted molar refractivity (Wildman–Crippen MR) is 129 cm³/mol. The second kappa shape index (κ2) is 9.49. The number of rotatable bonds is 5. The Kier molecular flexibility index (Phi) is 6.77. The molecule has 2 aliphatic heterocycles. The van der Waals surface area contributed by atoms with Gasteiger partial charge in [0.15, 0.2) is 0 Å². The van der Waals surface area contributed by atoms with E-state index in [0.717, 1.165) is 18.4 Å². The van der Waals surface area contributed by atoms with Gasteiger partial charge in [-0.3, -0.25) is 14.5 Å². The molecule has 1 aromatic rings. The van der Waals surface area contributed by atoms with Gasteiger partial charge in [0.25, 0.3) is 5.91 Å². The Morgan fingerprint density at radius 2 is 1.83 bits per heavy atom. The smallest absolute Gasteiger partial charge is 0.417 e. The number of esters is 1. The molecule has 0 radical (unpaired) electrons. The third-order valence-corrected chi connectivity index (χ3v) is 7.81. The molecule has 2 amide bonds. The minimum atomic E-state index is -1.05. The van der Waals surface area contributed by atoms with Crippen LogP contribution < -0.4 is 0 Å².